The van der Waals surface area contributed by atoms with Gasteiger partial charge in [0.05, 0.1) is 13.0 Å². The highest BCUT2D eigenvalue weighted by Crippen LogP contribution is 2.10. The molecule has 2 amide bonds. The molecule has 0 fully saturated rings. The van der Waals surface area contributed by atoms with Gasteiger partial charge in [-0.25, -0.2) is 0 Å². The minimum absolute atomic E-state index is 0.209. The third-order valence-electron chi connectivity index (χ3n) is 2.53. The van der Waals surface area contributed by atoms with E-state index in [-0.39, 0.29) is 18.9 Å². The van der Waals surface area contributed by atoms with Gasteiger partial charge in [0.1, 0.15) is 0 Å². The van der Waals surface area contributed by atoms with Gasteiger partial charge in [0.2, 0.25) is 5.91 Å². The molecule has 1 aromatic rings. The van der Waals surface area contributed by atoms with Gasteiger partial charge in [-0.3, -0.25) is 9.59 Å². The van der Waals surface area contributed by atoms with Crippen LogP contribution in [-0.2, 0) is 4.79 Å². The second-order valence-corrected chi connectivity index (χ2v) is 6.02. The van der Waals surface area contributed by atoms with Crippen LogP contribution in [0.1, 0.15) is 70.0 Å². The van der Waals surface area contributed by atoms with Crippen LogP contribution in [0.5, 0.6) is 0 Å². The Hall–Kier alpha value is -1.86. The molecule has 0 aliphatic carbocycles. The Labute approximate surface area is 165 Å². The maximum absolute atomic E-state index is 11.9. The fourth-order valence-corrected chi connectivity index (χ4v) is 1.50. The van der Waals surface area contributed by atoms with Crippen molar-refractivity contribution in [3.8, 4) is 0 Å². The zero-order valence-corrected chi connectivity index (χ0v) is 18.5. The molecule has 6 nitrogen and oxygen atoms in total. The molecule has 27 heavy (non-hydrogen) atoms. The van der Waals surface area contributed by atoms with Gasteiger partial charge in [0.25, 0.3) is 5.91 Å². The van der Waals surface area contributed by atoms with Crippen molar-refractivity contribution < 1.29 is 19.6 Å². The van der Waals surface area contributed by atoms with Crippen LogP contribution in [0.2, 0.25) is 0 Å². The van der Waals surface area contributed by atoms with Crippen molar-refractivity contribution in [3.05, 3.63) is 34.9 Å². The van der Waals surface area contributed by atoms with E-state index in [1.807, 2.05) is 53.7 Å². The van der Waals surface area contributed by atoms with Crippen molar-refractivity contribution in [3.63, 3.8) is 0 Å². The smallest absolute Gasteiger partial charge is 0.426 e. The molecule has 0 aromatic heterocycles. The normalized spacial score (nSPS) is 8.74. The molecule has 0 radical (unpaired) electrons. The molecule has 0 unspecified atom stereocenters. The number of nitrogens with one attached hydrogen (secondary N) is 2. The van der Waals surface area contributed by atoms with Gasteiger partial charge in [0.15, 0.2) is 0 Å². The van der Waals surface area contributed by atoms with Gasteiger partial charge in [-0.1, -0.05) is 66.2 Å². The van der Waals surface area contributed by atoms with Crippen LogP contribution in [0.4, 0.5) is 0 Å². The second-order valence-electron chi connectivity index (χ2n) is 6.02. The SMILES string of the molecule is CC.CC.CC(C)C.Cc1ccc(C)c(C(=O)NCC(=O)NCB(O)O)c1. The lowest BCUT2D eigenvalue weighted by molar-refractivity contribution is -0.119. The summed E-state index contributed by atoms with van der Waals surface area (Å²) in [5.74, 6) is 0.0210. The summed E-state index contributed by atoms with van der Waals surface area (Å²) in [5.41, 5.74) is 2.31. The Morgan fingerprint density at radius 3 is 1.93 bits per heavy atom. The molecule has 1 rings (SSSR count). The Bertz CT molecular complexity index is 518. The van der Waals surface area contributed by atoms with E-state index in [4.69, 9.17) is 10.0 Å². The molecule has 0 atom stereocenters. The number of hydrogen-bond acceptors (Lipinski definition) is 4. The van der Waals surface area contributed by atoms with E-state index in [1.54, 1.807) is 6.07 Å². The third kappa shape index (κ3) is 18.7. The number of carbonyl (C=O) groups excluding carboxylic acids is 2. The van der Waals surface area contributed by atoms with Crippen LogP contribution in [0.15, 0.2) is 18.2 Å². The van der Waals surface area contributed by atoms with Crippen molar-refractivity contribution in [2.24, 2.45) is 5.92 Å². The predicted molar refractivity (Wildman–Crippen MR) is 115 cm³/mol. The number of benzene rings is 1. The lowest BCUT2D eigenvalue weighted by Crippen LogP contribution is -2.41. The van der Waals surface area contributed by atoms with Crippen LogP contribution in [0.25, 0.3) is 0 Å². The van der Waals surface area contributed by atoms with Gasteiger partial charge in [-0.05, 0) is 31.4 Å². The van der Waals surface area contributed by atoms with E-state index in [2.05, 4.69) is 31.4 Å². The van der Waals surface area contributed by atoms with E-state index in [0.717, 1.165) is 17.0 Å². The minimum atomic E-state index is -1.60. The molecule has 0 aliphatic heterocycles. The largest absolute Gasteiger partial charge is 0.472 e. The van der Waals surface area contributed by atoms with Crippen molar-refractivity contribution in [2.45, 2.75) is 62.3 Å². The zero-order valence-electron chi connectivity index (χ0n) is 18.5. The predicted octanol–water partition coefficient (Wildman–Crippen LogP) is 2.88. The monoisotopic (exact) mass is 382 g/mol. The summed E-state index contributed by atoms with van der Waals surface area (Å²) in [6, 6.07) is 5.49. The average Bonchev–Trinajstić information content (AvgIpc) is 2.62. The summed E-state index contributed by atoms with van der Waals surface area (Å²) in [6.45, 7) is 18.0. The van der Waals surface area contributed by atoms with Crippen molar-refractivity contribution >= 4 is 18.9 Å². The van der Waals surface area contributed by atoms with Gasteiger partial charge >= 0.3 is 7.12 Å². The summed E-state index contributed by atoms with van der Waals surface area (Å²) >= 11 is 0. The van der Waals surface area contributed by atoms with Crippen LogP contribution >= 0.6 is 0 Å². The van der Waals surface area contributed by atoms with E-state index in [9.17, 15) is 9.59 Å². The van der Waals surface area contributed by atoms with E-state index in [0.29, 0.717) is 5.56 Å². The van der Waals surface area contributed by atoms with E-state index in [1.165, 1.54) is 0 Å². The molecular weight excluding hydrogens is 343 g/mol. The molecule has 4 N–H and O–H groups in total. The Morgan fingerprint density at radius 1 is 1.00 bits per heavy atom. The molecule has 0 heterocycles. The third-order valence-corrected chi connectivity index (χ3v) is 2.53. The summed E-state index contributed by atoms with van der Waals surface area (Å²) in [7, 11) is -1.60. The first-order valence-corrected chi connectivity index (χ1v) is 9.61. The standard InChI is InChI=1S/C12H17BN2O4.C4H10.2C2H6/c1-8-3-4-9(2)10(5-8)12(17)14-6-11(16)15-7-13(18)19;1-4(2)3;2*1-2/h3-5,18-19H,6-7H2,1-2H3,(H,14,17)(H,15,16);4H,1-3H3;2*1-2H3. The van der Waals surface area contributed by atoms with E-state index >= 15 is 0 Å². The van der Waals surface area contributed by atoms with Crippen LogP contribution in [-0.4, -0.2) is 42.0 Å². The minimum Gasteiger partial charge on any atom is -0.426 e. The molecule has 0 spiro atoms. The number of aryl methyl sites for hydroxylation is 2. The number of carbonyl (C=O) groups is 2. The maximum Gasteiger partial charge on any atom is 0.472 e. The number of rotatable bonds is 5. The molecule has 0 saturated heterocycles. The second kappa shape index (κ2) is 18.9. The van der Waals surface area contributed by atoms with Crippen molar-refractivity contribution in [1.82, 2.24) is 10.6 Å². The van der Waals surface area contributed by atoms with Crippen LogP contribution in [0.3, 0.4) is 0 Å². The fourth-order valence-electron chi connectivity index (χ4n) is 1.50. The first-order valence-electron chi connectivity index (χ1n) is 9.61. The topological polar surface area (TPSA) is 98.7 Å². The summed E-state index contributed by atoms with van der Waals surface area (Å²) in [4.78, 5) is 23.2. The number of amides is 2. The van der Waals surface area contributed by atoms with E-state index < -0.39 is 13.0 Å². The van der Waals surface area contributed by atoms with Crippen molar-refractivity contribution in [2.75, 3.05) is 13.0 Å². The molecular formula is C20H39BN2O4. The molecule has 0 bridgehead atoms. The average molecular weight is 382 g/mol. The molecule has 1 aromatic carbocycles. The van der Waals surface area contributed by atoms with Gasteiger partial charge < -0.3 is 20.7 Å². The first kappa shape index (κ1) is 29.9. The summed E-state index contributed by atoms with van der Waals surface area (Å²) < 4.78 is 0. The highest BCUT2D eigenvalue weighted by Gasteiger charge is 2.12. The zero-order chi connectivity index (χ0) is 22.0. The van der Waals surface area contributed by atoms with Gasteiger partial charge in [0, 0.05) is 5.56 Å². The highest BCUT2D eigenvalue weighted by atomic mass is 16.4. The molecule has 156 valence electrons. The maximum atomic E-state index is 11.9. The van der Waals surface area contributed by atoms with Gasteiger partial charge in [-0.15, -0.1) is 0 Å². The molecule has 0 aliphatic rings. The van der Waals surface area contributed by atoms with Crippen LogP contribution in [0, 0.1) is 19.8 Å². The van der Waals surface area contributed by atoms with Gasteiger partial charge in [-0.2, -0.15) is 0 Å². The summed E-state index contributed by atoms with van der Waals surface area (Å²) in [5, 5.41) is 21.9. The molecule has 7 heteroatoms. The van der Waals surface area contributed by atoms with Crippen molar-refractivity contribution in [1.29, 1.82) is 0 Å². The number of hydrogen-bond donors (Lipinski definition) is 4. The Balaban J connectivity index is -0.000000621. The lowest BCUT2D eigenvalue weighted by atomic mass is 9.92. The Morgan fingerprint density at radius 2 is 1.48 bits per heavy atom. The highest BCUT2D eigenvalue weighted by molar-refractivity contribution is 6.41. The van der Waals surface area contributed by atoms with Crippen LogP contribution < -0.4 is 10.6 Å². The Kier molecular flexibility index (Phi) is 20.9. The molecule has 0 saturated carbocycles. The first-order chi connectivity index (χ1) is 12.6. The lowest BCUT2D eigenvalue weighted by Gasteiger charge is -2.09. The summed E-state index contributed by atoms with van der Waals surface area (Å²) in [6.07, 6.45) is -0.266. The fraction of sp³-hybridized carbons (Fsp3) is 0.600. The quantitative estimate of drug-likeness (QED) is 0.589.